The van der Waals surface area contributed by atoms with Gasteiger partial charge in [-0.2, -0.15) is 13.2 Å². The molecule has 2 heterocycles. The van der Waals surface area contributed by atoms with E-state index in [0.29, 0.717) is 47.2 Å². The number of para-hydroxylation sites is 1. The minimum Gasteiger partial charge on any atom is -0.463 e. The minimum absolute atomic E-state index is 0.0448. The number of hydrogen-bond donors (Lipinski definition) is 1. The molecule has 1 N–H and O–H groups in total. The summed E-state index contributed by atoms with van der Waals surface area (Å²) >= 11 is 0. The molecule has 0 saturated heterocycles. The predicted octanol–water partition coefficient (Wildman–Crippen LogP) is 5.35. The fourth-order valence-corrected chi connectivity index (χ4v) is 3.86. The van der Waals surface area contributed by atoms with Crippen LogP contribution in [0.2, 0.25) is 0 Å². The number of benzene rings is 1. The number of halogens is 3. The van der Waals surface area contributed by atoms with E-state index in [2.05, 4.69) is 10.3 Å². The predicted molar refractivity (Wildman–Crippen MR) is 98.7 cm³/mol. The summed E-state index contributed by atoms with van der Waals surface area (Å²) in [5, 5.41) is 3.23. The molecule has 1 aliphatic rings. The van der Waals surface area contributed by atoms with Gasteiger partial charge in [-0.3, -0.25) is 4.79 Å². The highest BCUT2D eigenvalue weighted by molar-refractivity contribution is 6.07. The maximum atomic E-state index is 13.4. The molecule has 4 rings (SSSR count). The molecule has 0 bridgehead atoms. The van der Waals surface area contributed by atoms with Gasteiger partial charge in [-0.15, -0.1) is 0 Å². The summed E-state index contributed by atoms with van der Waals surface area (Å²) in [7, 11) is 0. The summed E-state index contributed by atoms with van der Waals surface area (Å²) < 4.78 is 45.5. The molecule has 1 aliphatic carbocycles. The number of fused-ring (bicyclic) bond motifs is 1. The number of carbonyl (C=O) groups excluding carboxylic acids is 1. The number of carbonyl (C=O) groups is 1. The number of nitrogens with one attached hydrogen (secondary N) is 1. The van der Waals surface area contributed by atoms with Gasteiger partial charge in [0.2, 0.25) is 0 Å². The van der Waals surface area contributed by atoms with Crippen LogP contribution < -0.4 is 5.32 Å². The lowest BCUT2D eigenvalue weighted by Crippen LogP contribution is -2.47. The second kappa shape index (κ2) is 7.30. The molecular formula is C21H19F3N2O2. The summed E-state index contributed by atoms with van der Waals surface area (Å²) in [6, 6.07) is 11.2. The second-order valence-electron chi connectivity index (χ2n) is 7.06. The highest BCUT2D eigenvalue weighted by Crippen LogP contribution is 2.38. The molecule has 1 fully saturated rings. The smallest absolute Gasteiger partial charge is 0.393 e. The van der Waals surface area contributed by atoms with Gasteiger partial charge in [0.05, 0.1) is 23.3 Å². The molecular weight excluding hydrogens is 369 g/mol. The third kappa shape index (κ3) is 3.61. The van der Waals surface area contributed by atoms with Crippen LogP contribution in [0.1, 0.15) is 36.0 Å². The number of furan rings is 1. The lowest BCUT2D eigenvalue weighted by atomic mass is 9.84. The van der Waals surface area contributed by atoms with Crippen molar-refractivity contribution in [2.75, 3.05) is 0 Å². The summed E-state index contributed by atoms with van der Waals surface area (Å²) in [5.41, 5.74) is 1.34. The van der Waals surface area contributed by atoms with E-state index in [1.165, 1.54) is 6.26 Å². The van der Waals surface area contributed by atoms with E-state index in [1.807, 2.05) is 0 Å². The monoisotopic (exact) mass is 388 g/mol. The molecule has 3 aromatic rings. The maximum Gasteiger partial charge on any atom is 0.393 e. The molecule has 0 aliphatic heterocycles. The van der Waals surface area contributed by atoms with Crippen LogP contribution in [0.4, 0.5) is 13.2 Å². The Morgan fingerprint density at radius 3 is 2.64 bits per heavy atom. The Kier molecular flexibility index (Phi) is 4.83. The van der Waals surface area contributed by atoms with Crippen molar-refractivity contribution in [2.24, 2.45) is 5.92 Å². The zero-order chi connectivity index (χ0) is 19.7. The van der Waals surface area contributed by atoms with E-state index >= 15 is 0 Å². The van der Waals surface area contributed by atoms with Crippen LogP contribution in [0.15, 0.2) is 53.1 Å². The molecule has 2 atom stereocenters. The molecule has 4 nitrogen and oxygen atoms in total. The van der Waals surface area contributed by atoms with E-state index in [9.17, 15) is 18.0 Å². The maximum absolute atomic E-state index is 13.4. The van der Waals surface area contributed by atoms with Gasteiger partial charge in [-0.05, 0) is 37.1 Å². The summed E-state index contributed by atoms with van der Waals surface area (Å²) in [6.45, 7) is 0. The lowest BCUT2D eigenvalue weighted by molar-refractivity contribution is -0.187. The second-order valence-corrected chi connectivity index (χ2v) is 7.06. The molecule has 146 valence electrons. The van der Waals surface area contributed by atoms with Crippen molar-refractivity contribution >= 4 is 16.8 Å². The zero-order valence-corrected chi connectivity index (χ0v) is 15.0. The van der Waals surface area contributed by atoms with E-state index < -0.39 is 24.0 Å². The van der Waals surface area contributed by atoms with E-state index in [4.69, 9.17) is 4.42 Å². The van der Waals surface area contributed by atoms with Crippen molar-refractivity contribution in [2.45, 2.75) is 37.9 Å². The number of pyridine rings is 1. The summed E-state index contributed by atoms with van der Waals surface area (Å²) in [6.07, 6.45) is -1.25. The van der Waals surface area contributed by atoms with Gasteiger partial charge in [-0.25, -0.2) is 4.98 Å². The van der Waals surface area contributed by atoms with Crippen LogP contribution in [0.25, 0.3) is 22.4 Å². The molecule has 28 heavy (non-hydrogen) atoms. The summed E-state index contributed by atoms with van der Waals surface area (Å²) in [5.74, 6) is -1.54. The first kappa shape index (κ1) is 18.5. The van der Waals surface area contributed by atoms with E-state index in [-0.39, 0.29) is 6.42 Å². The van der Waals surface area contributed by atoms with Gasteiger partial charge in [0, 0.05) is 11.4 Å². The average molecular weight is 388 g/mol. The molecule has 0 radical (unpaired) electrons. The Labute approximate surface area is 159 Å². The first-order valence-electron chi connectivity index (χ1n) is 9.25. The number of hydrogen-bond acceptors (Lipinski definition) is 3. The Balaban J connectivity index is 1.70. The molecule has 2 aromatic heterocycles. The van der Waals surface area contributed by atoms with Gasteiger partial charge in [-0.1, -0.05) is 31.0 Å². The highest BCUT2D eigenvalue weighted by atomic mass is 19.4. The van der Waals surface area contributed by atoms with Crippen molar-refractivity contribution in [3.63, 3.8) is 0 Å². The lowest BCUT2D eigenvalue weighted by Gasteiger charge is -2.33. The first-order chi connectivity index (χ1) is 13.4. The summed E-state index contributed by atoms with van der Waals surface area (Å²) in [4.78, 5) is 17.5. The van der Waals surface area contributed by atoms with Crippen LogP contribution in [0.5, 0.6) is 0 Å². The van der Waals surface area contributed by atoms with Gasteiger partial charge < -0.3 is 9.73 Å². The molecule has 0 spiro atoms. The number of alkyl halides is 3. The minimum atomic E-state index is -4.32. The topological polar surface area (TPSA) is 55.1 Å². The first-order valence-corrected chi connectivity index (χ1v) is 9.25. The van der Waals surface area contributed by atoms with Crippen molar-refractivity contribution in [1.29, 1.82) is 0 Å². The van der Waals surface area contributed by atoms with Crippen LogP contribution in [0, 0.1) is 5.92 Å². The molecule has 1 saturated carbocycles. The van der Waals surface area contributed by atoms with Crippen molar-refractivity contribution in [1.82, 2.24) is 10.3 Å². The van der Waals surface area contributed by atoms with Crippen LogP contribution in [0.3, 0.4) is 0 Å². The van der Waals surface area contributed by atoms with E-state index in [0.717, 1.165) is 0 Å². The Morgan fingerprint density at radius 1 is 1.11 bits per heavy atom. The van der Waals surface area contributed by atoms with Gasteiger partial charge >= 0.3 is 6.18 Å². The van der Waals surface area contributed by atoms with Gasteiger partial charge in [0.25, 0.3) is 5.91 Å². The quantitative estimate of drug-likeness (QED) is 0.658. The number of nitrogens with zero attached hydrogens (tertiary/aromatic N) is 1. The SMILES string of the molecule is O=C(NC1CCCCC1C(F)(F)F)c1cc(-c2ccco2)nc2ccccc12. The normalized spacial score (nSPS) is 20.2. The van der Waals surface area contributed by atoms with Crippen molar-refractivity contribution in [3.05, 3.63) is 54.3 Å². The third-order valence-electron chi connectivity index (χ3n) is 5.24. The Bertz CT molecular complexity index is 983. The molecule has 2 unspecified atom stereocenters. The highest BCUT2D eigenvalue weighted by Gasteiger charge is 2.46. The molecule has 7 heteroatoms. The van der Waals surface area contributed by atoms with E-state index in [1.54, 1.807) is 42.5 Å². The zero-order valence-electron chi connectivity index (χ0n) is 15.0. The van der Waals surface area contributed by atoms with Gasteiger partial charge in [0.15, 0.2) is 5.76 Å². The largest absolute Gasteiger partial charge is 0.463 e. The third-order valence-corrected chi connectivity index (χ3v) is 5.24. The van der Waals surface area contributed by atoms with Gasteiger partial charge in [0.1, 0.15) is 5.69 Å². The molecule has 1 aromatic carbocycles. The van der Waals surface area contributed by atoms with Crippen LogP contribution in [-0.4, -0.2) is 23.1 Å². The number of amides is 1. The average Bonchev–Trinajstić information content (AvgIpc) is 3.21. The Hall–Kier alpha value is -2.83. The van der Waals surface area contributed by atoms with Crippen molar-refractivity contribution in [3.8, 4) is 11.5 Å². The number of rotatable bonds is 3. The van der Waals surface area contributed by atoms with Crippen LogP contribution >= 0.6 is 0 Å². The standard InChI is InChI=1S/C21H19F3N2O2/c22-21(23,24)15-7-2-4-9-17(15)26-20(27)14-12-18(19-10-5-11-28-19)25-16-8-3-1-6-13(14)16/h1,3,5-6,8,10-12,15,17H,2,4,7,9H2,(H,26,27). The Morgan fingerprint density at radius 2 is 1.89 bits per heavy atom. The van der Waals surface area contributed by atoms with Crippen LogP contribution in [-0.2, 0) is 0 Å². The fourth-order valence-electron chi connectivity index (χ4n) is 3.86. The molecule has 1 amide bonds. The fraction of sp³-hybridized carbons (Fsp3) is 0.333. The van der Waals surface area contributed by atoms with Crippen molar-refractivity contribution < 1.29 is 22.4 Å². The number of aromatic nitrogens is 1.